The molecule has 6 nitrogen and oxygen atoms in total. The number of nitrogens with one attached hydrogen (secondary N) is 1. The zero-order chi connectivity index (χ0) is 16.9. The smallest absolute Gasteiger partial charge is 0.126 e. The van der Waals surface area contributed by atoms with Crippen LogP contribution >= 0.6 is 0 Å². The van der Waals surface area contributed by atoms with Crippen LogP contribution in [0.1, 0.15) is 37.2 Å². The molecule has 0 saturated heterocycles. The fourth-order valence-electron chi connectivity index (χ4n) is 3.09. The summed E-state index contributed by atoms with van der Waals surface area (Å²) in [6.07, 6.45) is 2.72. The highest BCUT2D eigenvalue weighted by Gasteiger charge is 2.17. The predicted octanol–water partition coefficient (Wildman–Crippen LogP) is 2.62. The van der Waals surface area contributed by atoms with E-state index in [0.29, 0.717) is 18.0 Å². The number of aryl methyl sites for hydroxylation is 1. The molecule has 1 aliphatic heterocycles. The molecule has 2 aromatic heterocycles. The Morgan fingerprint density at radius 3 is 2.92 bits per heavy atom. The molecule has 0 bridgehead atoms. The molecule has 0 unspecified atom stereocenters. The van der Waals surface area contributed by atoms with Crippen molar-refractivity contribution < 1.29 is 0 Å². The minimum atomic E-state index is 0.569. The van der Waals surface area contributed by atoms with Crippen LogP contribution in [-0.4, -0.2) is 32.8 Å². The number of aromatic nitrogens is 3. The van der Waals surface area contributed by atoms with E-state index in [0.717, 1.165) is 44.1 Å². The Morgan fingerprint density at radius 1 is 1.33 bits per heavy atom. The van der Waals surface area contributed by atoms with E-state index < -0.39 is 0 Å². The molecule has 2 aromatic rings. The number of hydrogen-bond donors (Lipinski definition) is 1. The summed E-state index contributed by atoms with van der Waals surface area (Å²) in [4.78, 5) is 6.75. The minimum Gasteiger partial charge on any atom is -0.364 e. The maximum atomic E-state index is 8.80. The molecule has 3 heterocycles. The van der Waals surface area contributed by atoms with Crippen molar-refractivity contribution in [3.8, 4) is 6.07 Å². The third-order valence-corrected chi connectivity index (χ3v) is 4.11. The van der Waals surface area contributed by atoms with Crippen LogP contribution in [0.25, 0.3) is 0 Å². The van der Waals surface area contributed by atoms with Gasteiger partial charge in [0.1, 0.15) is 11.9 Å². The summed E-state index contributed by atoms with van der Waals surface area (Å²) < 4.78 is 2.14. The van der Waals surface area contributed by atoms with E-state index in [9.17, 15) is 0 Å². The zero-order valence-electron chi connectivity index (χ0n) is 14.4. The maximum Gasteiger partial charge on any atom is 0.126 e. The number of anilines is 1. The average molecular weight is 324 g/mol. The van der Waals surface area contributed by atoms with Crippen LogP contribution in [0.3, 0.4) is 0 Å². The molecule has 0 amide bonds. The van der Waals surface area contributed by atoms with Crippen molar-refractivity contribution in [3.05, 3.63) is 41.3 Å². The molecule has 6 heteroatoms. The standard InChI is InChI=1S/C18H24N6/c1-14(2)12-23-6-3-7-24-17(13-23)8-16(22-24)11-21-18-5-4-15(9-19)10-20-18/h4-5,8,10,14H,3,6-7,11-13H2,1-2H3,(H,20,21). The molecule has 1 aliphatic rings. The predicted molar refractivity (Wildman–Crippen MR) is 93.2 cm³/mol. The monoisotopic (exact) mass is 324 g/mol. The molecule has 0 aromatic carbocycles. The molecule has 0 atom stereocenters. The largest absolute Gasteiger partial charge is 0.364 e. The van der Waals surface area contributed by atoms with Gasteiger partial charge in [0, 0.05) is 32.4 Å². The second kappa shape index (κ2) is 7.45. The zero-order valence-corrected chi connectivity index (χ0v) is 14.4. The minimum absolute atomic E-state index is 0.569. The Balaban J connectivity index is 1.63. The van der Waals surface area contributed by atoms with Gasteiger partial charge >= 0.3 is 0 Å². The van der Waals surface area contributed by atoms with Gasteiger partial charge in [0.25, 0.3) is 0 Å². The van der Waals surface area contributed by atoms with Crippen molar-refractivity contribution in [2.75, 3.05) is 18.4 Å². The van der Waals surface area contributed by atoms with Crippen molar-refractivity contribution in [2.45, 2.75) is 39.9 Å². The van der Waals surface area contributed by atoms with Crippen LogP contribution in [0.4, 0.5) is 5.82 Å². The van der Waals surface area contributed by atoms with Crippen molar-refractivity contribution in [1.82, 2.24) is 19.7 Å². The number of nitriles is 1. The molecule has 0 radical (unpaired) electrons. The van der Waals surface area contributed by atoms with Crippen molar-refractivity contribution in [2.24, 2.45) is 5.92 Å². The third-order valence-electron chi connectivity index (χ3n) is 4.11. The molecular weight excluding hydrogens is 300 g/mol. The lowest BCUT2D eigenvalue weighted by Gasteiger charge is -2.21. The Labute approximate surface area is 143 Å². The quantitative estimate of drug-likeness (QED) is 0.915. The Bertz CT molecular complexity index is 710. The van der Waals surface area contributed by atoms with E-state index in [2.05, 4.69) is 45.9 Å². The van der Waals surface area contributed by atoms with Gasteiger partial charge in [0.2, 0.25) is 0 Å². The first-order chi connectivity index (χ1) is 11.6. The fourth-order valence-corrected chi connectivity index (χ4v) is 3.09. The summed E-state index contributed by atoms with van der Waals surface area (Å²) >= 11 is 0. The van der Waals surface area contributed by atoms with Gasteiger partial charge in [-0.25, -0.2) is 4.98 Å². The Kier molecular flexibility index (Phi) is 5.11. The van der Waals surface area contributed by atoms with Gasteiger partial charge in [-0.15, -0.1) is 0 Å². The lowest BCUT2D eigenvalue weighted by Crippen LogP contribution is -2.27. The number of hydrogen-bond acceptors (Lipinski definition) is 5. The second-order valence-electron chi connectivity index (χ2n) is 6.73. The number of pyridine rings is 1. The lowest BCUT2D eigenvalue weighted by atomic mass is 10.2. The summed E-state index contributed by atoms with van der Waals surface area (Å²) in [5.41, 5.74) is 2.89. The van der Waals surface area contributed by atoms with Crippen molar-refractivity contribution >= 4 is 5.82 Å². The average Bonchev–Trinajstić information content (AvgIpc) is 2.85. The topological polar surface area (TPSA) is 69.8 Å². The molecule has 0 fully saturated rings. The summed E-state index contributed by atoms with van der Waals surface area (Å²) in [6, 6.07) is 7.85. The van der Waals surface area contributed by atoms with E-state index in [1.807, 2.05) is 6.07 Å². The van der Waals surface area contributed by atoms with Gasteiger partial charge in [0.15, 0.2) is 0 Å². The number of nitrogens with zero attached hydrogens (tertiary/aromatic N) is 5. The fraction of sp³-hybridized carbons (Fsp3) is 0.500. The molecule has 126 valence electrons. The molecule has 3 rings (SSSR count). The van der Waals surface area contributed by atoms with Gasteiger partial charge in [-0.1, -0.05) is 13.8 Å². The van der Waals surface area contributed by atoms with Crippen LogP contribution in [-0.2, 0) is 19.6 Å². The van der Waals surface area contributed by atoms with E-state index >= 15 is 0 Å². The molecule has 0 saturated carbocycles. The normalized spacial score (nSPS) is 14.9. The van der Waals surface area contributed by atoms with Gasteiger partial charge in [-0.05, 0) is 30.5 Å². The van der Waals surface area contributed by atoms with Crippen molar-refractivity contribution in [1.29, 1.82) is 5.26 Å². The second-order valence-corrected chi connectivity index (χ2v) is 6.73. The van der Waals surface area contributed by atoms with Gasteiger partial charge in [-0.2, -0.15) is 10.4 Å². The highest BCUT2D eigenvalue weighted by molar-refractivity contribution is 5.39. The van der Waals surface area contributed by atoms with E-state index in [-0.39, 0.29) is 0 Å². The number of rotatable bonds is 5. The van der Waals surface area contributed by atoms with Crippen LogP contribution in [0, 0.1) is 17.2 Å². The highest BCUT2D eigenvalue weighted by atomic mass is 15.3. The first-order valence-corrected chi connectivity index (χ1v) is 8.52. The first kappa shape index (κ1) is 16.5. The first-order valence-electron chi connectivity index (χ1n) is 8.52. The molecular formula is C18H24N6. The van der Waals surface area contributed by atoms with Crippen LogP contribution in [0.2, 0.25) is 0 Å². The van der Waals surface area contributed by atoms with Gasteiger partial charge in [0.05, 0.1) is 23.5 Å². The number of fused-ring (bicyclic) bond motifs is 1. The summed E-state index contributed by atoms with van der Waals surface area (Å²) in [7, 11) is 0. The van der Waals surface area contributed by atoms with Crippen LogP contribution < -0.4 is 5.32 Å². The molecule has 0 aliphatic carbocycles. The molecule has 0 spiro atoms. The van der Waals surface area contributed by atoms with E-state index in [1.54, 1.807) is 12.3 Å². The van der Waals surface area contributed by atoms with E-state index in [1.165, 1.54) is 5.69 Å². The summed E-state index contributed by atoms with van der Waals surface area (Å²) in [5, 5.41) is 16.8. The maximum absolute atomic E-state index is 8.80. The molecule has 24 heavy (non-hydrogen) atoms. The summed E-state index contributed by atoms with van der Waals surface area (Å²) in [6.45, 7) is 9.41. The van der Waals surface area contributed by atoms with E-state index in [4.69, 9.17) is 10.4 Å². The SMILES string of the molecule is CC(C)CN1CCCn2nc(CNc3ccc(C#N)cn3)cc2C1. The summed E-state index contributed by atoms with van der Waals surface area (Å²) in [5.74, 6) is 1.45. The molecule has 1 N–H and O–H groups in total. The Hall–Kier alpha value is -2.39. The van der Waals surface area contributed by atoms with Crippen LogP contribution in [0.5, 0.6) is 0 Å². The highest BCUT2D eigenvalue weighted by Crippen LogP contribution is 2.16. The third kappa shape index (κ3) is 4.12. The van der Waals surface area contributed by atoms with Gasteiger partial charge < -0.3 is 5.32 Å². The van der Waals surface area contributed by atoms with Gasteiger partial charge in [-0.3, -0.25) is 9.58 Å². The Morgan fingerprint density at radius 2 is 2.21 bits per heavy atom. The lowest BCUT2D eigenvalue weighted by molar-refractivity contribution is 0.240. The van der Waals surface area contributed by atoms with Crippen LogP contribution in [0.15, 0.2) is 24.4 Å². The van der Waals surface area contributed by atoms with Crippen molar-refractivity contribution in [3.63, 3.8) is 0 Å².